The van der Waals surface area contributed by atoms with Crippen LogP contribution < -0.4 is 19.1 Å². The molecule has 2 amide bonds. The molecule has 0 N–H and O–H groups in total. The highest BCUT2D eigenvalue weighted by Crippen LogP contribution is 2.36. The van der Waals surface area contributed by atoms with E-state index in [2.05, 4.69) is 0 Å². The van der Waals surface area contributed by atoms with Crippen molar-refractivity contribution in [3.05, 3.63) is 47.0 Å². The Labute approximate surface area is 181 Å². The van der Waals surface area contributed by atoms with Crippen molar-refractivity contribution in [3.8, 4) is 17.2 Å². The fourth-order valence-electron chi connectivity index (χ4n) is 3.61. The summed E-state index contributed by atoms with van der Waals surface area (Å²) < 4.78 is 16.0. The largest absolute Gasteiger partial charge is 0.497 e. The molecule has 0 bridgehead atoms. The first-order valence-electron chi connectivity index (χ1n) is 9.47. The highest BCUT2D eigenvalue weighted by Gasteiger charge is 2.37. The second-order valence-corrected chi connectivity index (χ2v) is 7.53. The van der Waals surface area contributed by atoms with E-state index in [0.717, 1.165) is 5.56 Å². The van der Waals surface area contributed by atoms with Crippen molar-refractivity contribution in [2.24, 2.45) is 5.92 Å². The Bertz CT molecular complexity index is 949. The number of ether oxygens (including phenoxy) is 3. The molecular formula is C22H25ClN2O5. The summed E-state index contributed by atoms with van der Waals surface area (Å²) in [6.45, 7) is 0.635. The summed E-state index contributed by atoms with van der Waals surface area (Å²) in [6, 6.07) is 10.6. The second kappa shape index (κ2) is 9.26. The lowest BCUT2D eigenvalue weighted by Crippen LogP contribution is -2.34. The van der Waals surface area contributed by atoms with Crippen molar-refractivity contribution in [2.45, 2.75) is 13.0 Å². The first-order valence-corrected chi connectivity index (χ1v) is 9.85. The SMILES string of the molecule is COc1ccc(CN(C)C(=O)[C@@H]2CC(=O)N(c3cc(Cl)ccc3OC)C2)c(OC)c1. The van der Waals surface area contributed by atoms with E-state index in [9.17, 15) is 9.59 Å². The molecule has 0 spiro atoms. The maximum atomic E-state index is 13.0. The van der Waals surface area contributed by atoms with Crippen LogP contribution >= 0.6 is 11.6 Å². The van der Waals surface area contributed by atoms with Gasteiger partial charge in [-0.15, -0.1) is 0 Å². The molecule has 1 aliphatic heterocycles. The minimum absolute atomic E-state index is 0.107. The monoisotopic (exact) mass is 432 g/mol. The number of hydrogen-bond acceptors (Lipinski definition) is 5. The maximum Gasteiger partial charge on any atom is 0.228 e. The molecule has 1 atom stereocenters. The van der Waals surface area contributed by atoms with Crippen LogP contribution in [0, 0.1) is 5.92 Å². The van der Waals surface area contributed by atoms with Crippen molar-refractivity contribution in [2.75, 3.05) is 39.8 Å². The molecule has 1 saturated heterocycles. The number of carbonyl (C=O) groups is 2. The number of methoxy groups -OCH3 is 3. The third-order valence-corrected chi connectivity index (χ3v) is 5.42. The number of nitrogens with zero attached hydrogens (tertiary/aromatic N) is 2. The molecule has 3 rings (SSSR count). The van der Waals surface area contributed by atoms with E-state index >= 15 is 0 Å². The normalized spacial score (nSPS) is 15.8. The molecule has 0 saturated carbocycles. The average molecular weight is 433 g/mol. The molecule has 0 aromatic heterocycles. The van der Waals surface area contributed by atoms with Crippen LogP contribution in [0.2, 0.25) is 5.02 Å². The van der Waals surface area contributed by atoms with Crippen LogP contribution in [0.25, 0.3) is 0 Å². The fraction of sp³-hybridized carbons (Fsp3) is 0.364. The molecule has 30 heavy (non-hydrogen) atoms. The smallest absolute Gasteiger partial charge is 0.228 e. The lowest BCUT2D eigenvalue weighted by molar-refractivity contribution is -0.135. The Morgan fingerprint density at radius 3 is 2.50 bits per heavy atom. The van der Waals surface area contributed by atoms with Gasteiger partial charge < -0.3 is 24.0 Å². The average Bonchev–Trinajstić information content (AvgIpc) is 3.14. The van der Waals surface area contributed by atoms with Gasteiger partial charge in [0.25, 0.3) is 0 Å². The van der Waals surface area contributed by atoms with Gasteiger partial charge in [0.1, 0.15) is 17.2 Å². The lowest BCUT2D eigenvalue weighted by atomic mass is 10.1. The van der Waals surface area contributed by atoms with Crippen LogP contribution in [0.3, 0.4) is 0 Å². The first-order chi connectivity index (χ1) is 14.4. The molecule has 1 aliphatic rings. The number of anilines is 1. The van der Waals surface area contributed by atoms with Gasteiger partial charge in [0.15, 0.2) is 0 Å². The molecule has 1 heterocycles. The molecule has 7 nitrogen and oxygen atoms in total. The first kappa shape index (κ1) is 21.8. The zero-order valence-corrected chi connectivity index (χ0v) is 18.2. The molecule has 8 heteroatoms. The molecule has 0 unspecified atom stereocenters. The molecule has 0 radical (unpaired) electrons. The summed E-state index contributed by atoms with van der Waals surface area (Å²) in [6.07, 6.45) is 0.137. The van der Waals surface area contributed by atoms with Crippen LogP contribution in [0.15, 0.2) is 36.4 Å². The van der Waals surface area contributed by atoms with Crippen molar-refractivity contribution >= 4 is 29.1 Å². The van der Waals surface area contributed by atoms with Gasteiger partial charge in [0, 0.05) is 43.2 Å². The van der Waals surface area contributed by atoms with E-state index in [4.69, 9.17) is 25.8 Å². The Balaban J connectivity index is 1.74. The minimum Gasteiger partial charge on any atom is -0.497 e. The van der Waals surface area contributed by atoms with Crippen molar-refractivity contribution in [1.29, 1.82) is 0 Å². The molecule has 2 aromatic rings. The van der Waals surface area contributed by atoms with Gasteiger partial charge in [-0.05, 0) is 30.3 Å². The Morgan fingerprint density at radius 2 is 1.83 bits per heavy atom. The Kier molecular flexibility index (Phi) is 6.72. The third kappa shape index (κ3) is 4.46. The van der Waals surface area contributed by atoms with E-state index in [-0.39, 0.29) is 24.8 Å². The van der Waals surface area contributed by atoms with Gasteiger partial charge in [-0.25, -0.2) is 0 Å². The summed E-state index contributed by atoms with van der Waals surface area (Å²) >= 11 is 6.10. The van der Waals surface area contributed by atoms with E-state index in [1.807, 2.05) is 12.1 Å². The highest BCUT2D eigenvalue weighted by molar-refractivity contribution is 6.31. The van der Waals surface area contributed by atoms with Crippen LogP contribution in [-0.4, -0.2) is 51.6 Å². The van der Waals surface area contributed by atoms with Crippen molar-refractivity contribution in [3.63, 3.8) is 0 Å². The Hall–Kier alpha value is -2.93. The van der Waals surface area contributed by atoms with E-state index < -0.39 is 5.92 Å². The second-order valence-electron chi connectivity index (χ2n) is 7.09. The predicted molar refractivity (Wildman–Crippen MR) is 114 cm³/mol. The zero-order chi connectivity index (χ0) is 21.8. The van der Waals surface area contributed by atoms with Crippen LogP contribution in [0.4, 0.5) is 5.69 Å². The maximum absolute atomic E-state index is 13.0. The fourth-order valence-corrected chi connectivity index (χ4v) is 3.77. The molecule has 1 fully saturated rings. The van der Waals surface area contributed by atoms with Crippen molar-refractivity contribution < 1.29 is 23.8 Å². The number of rotatable bonds is 7. The summed E-state index contributed by atoms with van der Waals surface area (Å²) in [5.74, 6) is 1.17. The van der Waals surface area contributed by atoms with Gasteiger partial charge in [0.2, 0.25) is 11.8 Å². The summed E-state index contributed by atoms with van der Waals surface area (Å²) in [5, 5.41) is 0.497. The van der Waals surface area contributed by atoms with Crippen LogP contribution in [0.1, 0.15) is 12.0 Å². The zero-order valence-electron chi connectivity index (χ0n) is 17.5. The number of amides is 2. The topological polar surface area (TPSA) is 68.3 Å². The lowest BCUT2D eigenvalue weighted by Gasteiger charge is -2.23. The molecular weight excluding hydrogens is 408 g/mol. The summed E-state index contributed by atoms with van der Waals surface area (Å²) in [7, 11) is 6.42. The van der Waals surface area contributed by atoms with Gasteiger partial charge in [0.05, 0.1) is 32.9 Å². The summed E-state index contributed by atoms with van der Waals surface area (Å²) in [5.41, 5.74) is 1.43. The Morgan fingerprint density at radius 1 is 1.10 bits per heavy atom. The summed E-state index contributed by atoms with van der Waals surface area (Å²) in [4.78, 5) is 28.9. The van der Waals surface area contributed by atoms with E-state index in [1.54, 1.807) is 55.3 Å². The molecule has 2 aromatic carbocycles. The molecule has 160 valence electrons. The van der Waals surface area contributed by atoms with Gasteiger partial charge >= 0.3 is 0 Å². The highest BCUT2D eigenvalue weighted by atomic mass is 35.5. The number of halogens is 1. The third-order valence-electron chi connectivity index (χ3n) is 5.18. The van der Waals surface area contributed by atoms with Gasteiger partial charge in [-0.1, -0.05) is 11.6 Å². The van der Waals surface area contributed by atoms with Crippen LogP contribution in [0.5, 0.6) is 17.2 Å². The van der Waals surface area contributed by atoms with Crippen molar-refractivity contribution in [1.82, 2.24) is 4.90 Å². The number of hydrogen-bond donors (Lipinski definition) is 0. The van der Waals surface area contributed by atoms with E-state index in [0.29, 0.717) is 34.5 Å². The quantitative estimate of drug-likeness (QED) is 0.671. The standard InChI is InChI=1S/C22H25ClN2O5/c1-24(12-14-5-7-17(28-2)11-20(14)30-4)22(27)15-9-21(26)25(13-15)18-10-16(23)6-8-19(18)29-3/h5-8,10-11,15H,9,12-13H2,1-4H3/t15-/m1/s1. The van der Waals surface area contributed by atoms with E-state index in [1.165, 1.54) is 7.11 Å². The number of benzene rings is 2. The van der Waals surface area contributed by atoms with Gasteiger partial charge in [-0.2, -0.15) is 0 Å². The predicted octanol–water partition coefficient (Wildman–Crippen LogP) is 3.38. The molecule has 0 aliphatic carbocycles. The van der Waals surface area contributed by atoms with Crippen LogP contribution in [-0.2, 0) is 16.1 Å². The van der Waals surface area contributed by atoms with Gasteiger partial charge in [-0.3, -0.25) is 9.59 Å². The number of carbonyl (C=O) groups excluding carboxylic acids is 2. The minimum atomic E-state index is -0.449.